The average Bonchev–Trinajstić information content (AvgIpc) is 2.84. The van der Waals surface area contributed by atoms with Crippen LogP contribution in [0.25, 0.3) is 0 Å². The fourth-order valence-electron chi connectivity index (χ4n) is 2.60. The van der Waals surface area contributed by atoms with Crippen LogP contribution in [0.4, 0.5) is 0 Å². The first-order valence-electron chi connectivity index (χ1n) is 5.83. The van der Waals surface area contributed by atoms with E-state index in [2.05, 4.69) is 27.3 Å². The molecule has 1 saturated heterocycles. The fraction of sp³-hybridized carbons (Fsp3) is 0.667. The highest BCUT2D eigenvalue weighted by atomic mass is 79.9. The lowest BCUT2D eigenvalue weighted by atomic mass is 9.82. The minimum atomic E-state index is 0.819. The third-order valence-electron chi connectivity index (χ3n) is 3.27. The lowest BCUT2D eigenvalue weighted by molar-refractivity contribution is 0.458. The molecule has 0 aromatic carbocycles. The van der Waals surface area contributed by atoms with Crippen LogP contribution in [-0.4, -0.2) is 13.1 Å². The molecular formula is C12H18BrNS. The van der Waals surface area contributed by atoms with Gasteiger partial charge in [-0.3, -0.25) is 0 Å². The van der Waals surface area contributed by atoms with Crippen molar-refractivity contribution in [1.82, 2.24) is 5.32 Å². The zero-order valence-electron chi connectivity index (χ0n) is 9.35. The van der Waals surface area contributed by atoms with Crippen molar-refractivity contribution in [3.63, 3.8) is 0 Å². The van der Waals surface area contributed by atoms with E-state index in [1.165, 1.54) is 29.7 Å². The van der Waals surface area contributed by atoms with Crippen molar-refractivity contribution in [2.24, 2.45) is 5.92 Å². The summed E-state index contributed by atoms with van der Waals surface area (Å²) in [7, 11) is 0. The molecule has 1 nitrogen and oxygen atoms in total. The van der Waals surface area contributed by atoms with Gasteiger partial charge in [0.25, 0.3) is 0 Å². The van der Waals surface area contributed by atoms with Gasteiger partial charge in [-0.25, -0.2) is 0 Å². The monoisotopic (exact) mass is 287 g/mol. The topological polar surface area (TPSA) is 12.0 Å². The van der Waals surface area contributed by atoms with E-state index in [0.717, 1.165) is 11.8 Å². The molecule has 1 aromatic heterocycles. The van der Waals surface area contributed by atoms with Crippen LogP contribution in [0.2, 0.25) is 0 Å². The predicted molar refractivity (Wildman–Crippen MR) is 70.8 cm³/mol. The van der Waals surface area contributed by atoms with E-state index in [1.807, 2.05) is 25.2 Å². The molecular weight excluding hydrogens is 270 g/mol. The summed E-state index contributed by atoms with van der Waals surface area (Å²) >= 11 is 5.53. The first-order chi connectivity index (χ1) is 7.34. The van der Waals surface area contributed by atoms with Crippen molar-refractivity contribution in [1.29, 1.82) is 0 Å². The number of thiophene rings is 1. The van der Waals surface area contributed by atoms with E-state index in [1.54, 1.807) is 10.4 Å². The van der Waals surface area contributed by atoms with E-state index in [-0.39, 0.29) is 0 Å². The molecule has 2 atom stereocenters. The summed E-state index contributed by atoms with van der Waals surface area (Å²) in [6.45, 7) is 6.43. The second kappa shape index (κ2) is 4.98. The van der Waals surface area contributed by atoms with Crippen molar-refractivity contribution in [3.05, 3.63) is 20.3 Å². The smallest absolute Gasteiger partial charge is 0.0704 e. The van der Waals surface area contributed by atoms with Gasteiger partial charge in [-0.05, 0) is 52.9 Å². The standard InChI is InChI=1S/C10H12BrNS.C2H6/c11-9-3-6-1-2-7-4-12-5-8(7)10(6)13-9;1-2/h3,7-8,12H,1-2,4-5H2;1-2H3. The Morgan fingerprint density at radius 3 is 3.00 bits per heavy atom. The summed E-state index contributed by atoms with van der Waals surface area (Å²) < 4.78 is 1.31. The largest absolute Gasteiger partial charge is 0.316 e. The van der Waals surface area contributed by atoms with E-state index in [9.17, 15) is 0 Å². The third kappa shape index (κ3) is 2.15. The second-order valence-electron chi connectivity index (χ2n) is 4.00. The Morgan fingerprint density at radius 1 is 1.40 bits per heavy atom. The Balaban J connectivity index is 0.000000404. The highest BCUT2D eigenvalue weighted by Crippen LogP contribution is 2.43. The molecule has 1 fully saturated rings. The van der Waals surface area contributed by atoms with Crippen LogP contribution in [-0.2, 0) is 6.42 Å². The molecule has 3 heteroatoms. The number of aryl methyl sites for hydroxylation is 1. The molecule has 1 aromatic rings. The first kappa shape index (κ1) is 11.6. The molecule has 0 amide bonds. The molecule has 2 aliphatic rings. The molecule has 1 aliphatic carbocycles. The second-order valence-corrected chi connectivity index (χ2v) is 6.47. The van der Waals surface area contributed by atoms with Gasteiger partial charge >= 0.3 is 0 Å². The van der Waals surface area contributed by atoms with Crippen molar-refractivity contribution in [2.45, 2.75) is 32.6 Å². The predicted octanol–water partition coefficient (Wildman–Crippen LogP) is 3.79. The summed E-state index contributed by atoms with van der Waals surface area (Å²) in [5.74, 6) is 1.73. The van der Waals surface area contributed by atoms with Gasteiger partial charge in [0.1, 0.15) is 0 Å². The van der Waals surface area contributed by atoms with Crippen LogP contribution in [0.15, 0.2) is 9.85 Å². The molecule has 2 heterocycles. The number of hydrogen-bond donors (Lipinski definition) is 1. The normalized spacial score (nSPS) is 27.7. The highest BCUT2D eigenvalue weighted by molar-refractivity contribution is 9.11. The molecule has 0 bridgehead atoms. The third-order valence-corrected chi connectivity index (χ3v) is 5.08. The van der Waals surface area contributed by atoms with Gasteiger partial charge in [0.15, 0.2) is 0 Å². The van der Waals surface area contributed by atoms with E-state index in [0.29, 0.717) is 0 Å². The molecule has 0 saturated carbocycles. The molecule has 1 N–H and O–H groups in total. The zero-order valence-corrected chi connectivity index (χ0v) is 11.7. The van der Waals surface area contributed by atoms with Crippen LogP contribution in [0, 0.1) is 5.92 Å². The maximum Gasteiger partial charge on any atom is 0.0704 e. The van der Waals surface area contributed by atoms with Gasteiger partial charge in [0, 0.05) is 17.3 Å². The fourth-order valence-corrected chi connectivity index (χ4v) is 4.53. The number of fused-ring (bicyclic) bond motifs is 3. The minimum absolute atomic E-state index is 0.819. The zero-order chi connectivity index (χ0) is 10.8. The Labute approximate surface area is 104 Å². The van der Waals surface area contributed by atoms with Crippen LogP contribution in [0.3, 0.4) is 0 Å². The highest BCUT2D eigenvalue weighted by Gasteiger charge is 2.34. The van der Waals surface area contributed by atoms with Gasteiger partial charge < -0.3 is 5.32 Å². The van der Waals surface area contributed by atoms with Gasteiger partial charge in [-0.1, -0.05) is 13.8 Å². The SMILES string of the molecule is Brc1cc2c(s1)C1CNCC1CC2.CC. The van der Waals surface area contributed by atoms with E-state index < -0.39 is 0 Å². The Kier molecular flexibility index (Phi) is 3.86. The Bertz CT molecular complexity index is 334. The first-order valence-corrected chi connectivity index (χ1v) is 7.44. The van der Waals surface area contributed by atoms with Crippen LogP contribution < -0.4 is 5.32 Å². The number of hydrogen-bond acceptors (Lipinski definition) is 2. The van der Waals surface area contributed by atoms with Crippen molar-refractivity contribution >= 4 is 27.3 Å². The Hall–Kier alpha value is 0.140. The molecule has 0 spiro atoms. The van der Waals surface area contributed by atoms with E-state index >= 15 is 0 Å². The lowest BCUT2D eigenvalue weighted by Gasteiger charge is -2.23. The molecule has 15 heavy (non-hydrogen) atoms. The van der Waals surface area contributed by atoms with Gasteiger partial charge in [-0.2, -0.15) is 0 Å². The summed E-state index contributed by atoms with van der Waals surface area (Å²) in [4.78, 5) is 1.65. The maximum absolute atomic E-state index is 3.59. The van der Waals surface area contributed by atoms with Crippen LogP contribution in [0.5, 0.6) is 0 Å². The average molecular weight is 288 g/mol. The molecule has 0 radical (unpaired) electrons. The molecule has 84 valence electrons. The summed E-state index contributed by atoms with van der Waals surface area (Å²) in [5, 5.41) is 3.51. The van der Waals surface area contributed by atoms with Gasteiger partial charge in [0.2, 0.25) is 0 Å². The minimum Gasteiger partial charge on any atom is -0.316 e. The van der Waals surface area contributed by atoms with Crippen molar-refractivity contribution in [2.75, 3.05) is 13.1 Å². The summed E-state index contributed by atoms with van der Waals surface area (Å²) in [5.41, 5.74) is 1.60. The van der Waals surface area contributed by atoms with Crippen molar-refractivity contribution < 1.29 is 0 Å². The Morgan fingerprint density at radius 2 is 2.20 bits per heavy atom. The molecule has 2 unspecified atom stereocenters. The summed E-state index contributed by atoms with van der Waals surface area (Å²) in [6.07, 6.45) is 2.67. The number of halogens is 1. The quantitative estimate of drug-likeness (QED) is 0.766. The molecule has 3 rings (SSSR count). The maximum atomic E-state index is 3.59. The van der Waals surface area contributed by atoms with Gasteiger partial charge in [-0.15, -0.1) is 11.3 Å². The van der Waals surface area contributed by atoms with E-state index in [4.69, 9.17) is 0 Å². The lowest BCUT2D eigenvalue weighted by Crippen LogP contribution is -2.16. The van der Waals surface area contributed by atoms with Crippen LogP contribution in [0.1, 0.15) is 36.6 Å². The van der Waals surface area contributed by atoms with Crippen molar-refractivity contribution in [3.8, 4) is 0 Å². The molecule has 1 aliphatic heterocycles. The number of rotatable bonds is 0. The summed E-state index contributed by atoms with van der Waals surface area (Å²) in [6, 6.07) is 2.31. The number of nitrogens with one attached hydrogen (secondary N) is 1. The van der Waals surface area contributed by atoms with Crippen LogP contribution >= 0.6 is 27.3 Å². The van der Waals surface area contributed by atoms with Gasteiger partial charge in [0.05, 0.1) is 3.79 Å².